The van der Waals surface area contributed by atoms with Crippen LogP contribution < -0.4 is 5.32 Å². The summed E-state index contributed by atoms with van der Waals surface area (Å²) in [5, 5.41) is 2.21. The maximum absolute atomic E-state index is 12.8. The highest BCUT2D eigenvalue weighted by Gasteiger charge is 2.36. The van der Waals surface area contributed by atoms with Crippen molar-refractivity contribution in [2.24, 2.45) is 0 Å². The monoisotopic (exact) mass is 375 g/mol. The van der Waals surface area contributed by atoms with E-state index in [0.717, 1.165) is 16.2 Å². The van der Waals surface area contributed by atoms with E-state index >= 15 is 0 Å². The van der Waals surface area contributed by atoms with Crippen LogP contribution in [0.25, 0.3) is 11.8 Å². The maximum atomic E-state index is 12.8. The molecule has 4 rings (SSSR count). The molecular formula is C21H17N3O4. The smallest absolute Gasteiger partial charge is 0.331 e. The van der Waals surface area contributed by atoms with E-state index in [1.165, 1.54) is 12.3 Å². The molecule has 3 aromatic rings. The Balaban J connectivity index is 1.70. The van der Waals surface area contributed by atoms with Gasteiger partial charge in [-0.1, -0.05) is 18.2 Å². The van der Waals surface area contributed by atoms with Crippen LogP contribution in [0.1, 0.15) is 17.0 Å². The lowest BCUT2D eigenvalue weighted by Crippen LogP contribution is -2.53. The lowest BCUT2D eigenvalue weighted by molar-refractivity contribution is -0.130. The Morgan fingerprint density at radius 1 is 1.04 bits per heavy atom. The number of imide groups is 2. The van der Waals surface area contributed by atoms with Crippen molar-refractivity contribution < 1.29 is 18.8 Å². The Kier molecular flexibility index (Phi) is 4.41. The number of amides is 4. The van der Waals surface area contributed by atoms with Gasteiger partial charge < -0.3 is 8.98 Å². The minimum atomic E-state index is -0.766. The molecular weight excluding hydrogens is 358 g/mol. The molecule has 2 aromatic heterocycles. The topological polar surface area (TPSA) is 84.6 Å². The molecule has 0 spiro atoms. The minimum absolute atomic E-state index is 0.0545. The van der Waals surface area contributed by atoms with Gasteiger partial charge >= 0.3 is 6.03 Å². The second-order valence-electron chi connectivity index (χ2n) is 6.38. The molecule has 28 heavy (non-hydrogen) atoms. The third kappa shape index (κ3) is 3.14. The van der Waals surface area contributed by atoms with Crippen molar-refractivity contribution in [1.29, 1.82) is 0 Å². The molecule has 3 heterocycles. The summed E-state index contributed by atoms with van der Waals surface area (Å²) in [5.74, 6) is -0.939. The number of nitrogens with zero attached hydrogens (tertiary/aromatic N) is 2. The number of rotatable bonds is 4. The number of hydrogen-bond acceptors (Lipinski definition) is 4. The number of nitrogens with one attached hydrogen (secondary N) is 1. The van der Waals surface area contributed by atoms with E-state index < -0.39 is 17.8 Å². The molecule has 0 unspecified atom stereocenters. The summed E-state index contributed by atoms with van der Waals surface area (Å²) >= 11 is 0. The summed E-state index contributed by atoms with van der Waals surface area (Å²) < 4.78 is 7.09. The summed E-state index contributed by atoms with van der Waals surface area (Å²) in [5.41, 5.74) is 2.53. The normalized spacial score (nSPS) is 16.0. The molecule has 0 radical (unpaired) electrons. The van der Waals surface area contributed by atoms with E-state index in [-0.39, 0.29) is 12.1 Å². The lowest BCUT2D eigenvalue weighted by atomic mass is 10.1. The fourth-order valence-electron chi connectivity index (χ4n) is 3.11. The molecule has 1 saturated heterocycles. The number of benzene rings is 1. The van der Waals surface area contributed by atoms with E-state index in [0.29, 0.717) is 11.5 Å². The molecule has 0 aliphatic carbocycles. The summed E-state index contributed by atoms with van der Waals surface area (Å²) in [6.45, 7) is 1.93. The second kappa shape index (κ2) is 7.03. The SMILES string of the molecule is Cc1ccccc1-n1cccc1/C=C1\C(=O)NC(=O)N(Cc2ccco2)C1=O. The molecule has 1 aromatic carbocycles. The largest absolute Gasteiger partial charge is 0.467 e. The van der Waals surface area contributed by atoms with Crippen LogP contribution in [0.3, 0.4) is 0 Å². The first-order chi connectivity index (χ1) is 13.5. The molecule has 140 valence electrons. The third-order valence-electron chi connectivity index (χ3n) is 4.53. The predicted molar refractivity (Wildman–Crippen MR) is 101 cm³/mol. The number of furan rings is 1. The predicted octanol–water partition coefficient (Wildman–Crippen LogP) is 3.04. The van der Waals surface area contributed by atoms with Crippen LogP contribution in [0.15, 0.2) is 71.0 Å². The number of carbonyl (C=O) groups is 3. The maximum Gasteiger partial charge on any atom is 0.331 e. The van der Waals surface area contributed by atoms with E-state index in [2.05, 4.69) is 5.32 Å². The highest BCUT2D eigenvalue weighted by atomic mass is 16.3. The Bertz CT molecular complexity index is 1090. The van der Waals surface area contributed by atoms with Crippen LogP contribution in [0.4, 0.5) is 4.79 Å². The molecule has 7 nitrogen and oxygen atoms in total. The Hall–Kier alpha value is -3.87. The Labute approximate surface area is 160 Å². The molecule has 1 fully saturated rings. The second-order valence-corrected chi connectivity index (χ2v) is 6.38. The van der Waals surface area contributed by atoms with Crippen molar-refractivity contribution in [2.75, 3.05) is 0 Å². The summed E-state index contributed by atoms with van der Waals surface area (Å²) in [6, 6.07) is 14.0. The van der Waals surface area contributed by atoms with Crippen molar-refractivity contribution in [1.82, 2.24) is 14.8 Å². The van der Waals surface area contributed by atoms with Crippen LogP contribution in [0.5, 0.6) is 0 Å². The van der Waals surface area contributed by atoms with E-state index in [1.807, 2.05) is 48.0 Å². The molecule has 0 saturated carbocycles. The number of hydrogen-bond donors (Lipinski definition) is 1. The van der Waals surface area contributed by atoms with Gasteiger partial charge in [0.05, 0.1) is 12.8 Å². The van der Waals surface area contributed by atoms with Crippen LogP contribution in [-0.4, -0.2) is 27.3 Å². The molecule has 1 N–H and O–H groups in total. The zero-order chi connectivity index (χ0) is 19.7. The van der Waals surface area contributed by atoms with Crippen molar-refractivity contribution in [3.8, 4) is 5.69 Å². The Morgan fingerprint density at radius 3 is 2.61 bits per heavy atom. The number of urea groups is 1. The van der Waals surface area contributed by atoms with Gasteiger partial charge in [0.1, 0.15) is 11.3 Å². The fraction of sp³-hybridized carbons (Fsp3) is 0.0952. The van der Waals surface area contributed by atoms with Gasteiger partial charge in [0.15, 0.2) is 0 Å². The minimum Gasteiger partial charge on any atom is -0.467 e. The van der Waals surface area contributed by atoms with E-state index in [1.54, 1.807) is 18.2 Å². The summed E-state index contributed by atoms with van der Waals surface area (Å²) in [6.07, 6.45) is 4.80. The highest BCUT2D eigenvalue weighted by Crippen LogP contribution is 2.21. The summed E-state index contributed by atoms with van der Waals surface area (Å²) in [4.78, 5) is 38.2. The summed E-state index contributed by atoms with van der Waals surface area (Å²) in [7, 11) is 0. The van der Waals surface area contributed by atoms with Gasteiger partial charge in [-0.25, -0.2) is 4.79 Å². The number of barbiturate groups is 1. The van der Waals surface area contributed by atoms with Gasteiger partial charge in [0.2, 0.25) is 0 Å². The van der Waals surface area contributed by atoms with Crippen LogP contribution >= 0.6 is 0 Å². The number of aryl methyl sites for hydroxylation is 1. The van der Waals surface area contributed by atoms with Gasteiger partial charge in [0.25, 0.3) is 11.8 Å². The molecule has 7 heteroatoms. The van der Waals surface area contributed by atoms with Gasteiger partial charge in [-0.15, -0.1) is 0 Å². The molecule has 0 atom stereocenters. The van der Waals surface area contributed by atoms with Gasteiger partial charge in [-0.2, -0.15) is 0 Å². The highest BCUT2D eigenvalue weighted by molar-refractivity contribution is 6.30. The first-order valence-electron chi connectivity index (χ1n) is 8.69. The fourth-order valence-corrected chi connectivity index (χ4v) is 3.11. The Morgan fingerprint density at radius 2 is 1.86 bits per heavy atom. The van der Waals surface area contributed by atoms with Crippen LogP contribution in [0, 0.1) is 6.92 Å². The first kappa shape index (κ1) is 17.5. The van der Waals surface area contributed by atoms with Crippen molar-refractivity contribution in [3.63, 3.8) is 0 Å². The van der Waals surface area contributed by atoms with Crippen molar-refractivity contribution in [3.05, 3.63) is 83.6 Å². The molecule has 0 bridgehead atoms. The van der Waals surface area contributed by atoms with Crippen molar-refractivity contribution in [2.45, 2.75) is 13.5 Å². The molecule has 1 aliphatic rings. The average molecular weight is 375 g/mol. The van der Waals surface area contributed by atoms with Crippen molar-refractivity contribution >= 4 is 23.9 Å². The third-order valence-corrected chi connectivity index (χ3v) is 4.53. The zero-order valence-electron chi connectivity index (χ0n) is 15.1. The first-order valence-corrected chi connectivity index (χ1v) is 8.69. The lowest BCUT2D eigenvalue weighted by Gasteiger charge is -2.25. The van der Waals surface area contributed by atoms with Gasteiger partial charge in [-0.05, 0) is 48.9 Å². The van der Waals surface area contributed by atoms with E-state index in [4.69, 9.17) is 4.42 Å². The molecule has 1 aliphatic heterocycles. The zero-order valence-corrected chi connectivity index (χ0v) is 15.1. The number of carbonyl (C=O) groups excluding carboxylic acids is 3. The standard InChI is InChI=1S/C21H17N3O4/c1-14-6-2-3-9-18(14)23-10-4-7-15(23)12-17-19(25)22-21(27)24(20(17)26)13-16-8-5-11-28-16/h2-12H,13H2,1H3,(H,22,25,27)/b17-12+. The van der Waals surface area contributed by atoms with Crippen LogP contribution in [0.2, 0.25) is 0 Å². The van der Waals surface area contributed by atoms with E-state index in [9.17, 15) is 14.4 Å². The van der Waals surface area contributed by atoms with Gasteiger partial charge in [-0.3, -0.25) is 19.8 Å². The quantitative estimate of drug-likeness (QED) is 0.561. The van der Waals surface area contributed by atoms with Gasteiger partial charge in [0, 0.05) is 17.6 Å². The van der Waals surface area contributed by atoms with Crippen LogP contribution in [-0.2, 0) is 16.1 Å². The molecule has 4 amide bonds. The number of para-hydroxylation sites is 1. The number of aromatic nitrogens is 1. The average Bonchev–Trinajstić information content (AvgIpc) is 3.34.